The van der Waals surface area contributed by atoms with Crippen LogP contribution in [-0.4, -0.2) is 71.1 Å². The zero-order valence-electron chi connectivity index (χ0n) is 16.8. The van der Waals surface area contributed by atoms with Crippen LogP contribution in [0, 0.1) is 5.92 Å². The van der Waals surface area contributed by atoms with Crippen molar-refractivity contribution in [1.29, 1.82) is 0 Å². The summed E-state index contributed by atoms with van der Waals surface area (Å²) < 4.78 is 10.7. The van der Waals surface area contributed by atoms with Crippen molar-refractivity contribution in [3.8, 4) is 0 Å². The van der Waals surface area contributed by atoms with Gasteiger partial charge in [0, 0.05) is 44.6 Å². The molecule has 0 aromatic heterocycles. The molecule has 1 amide bonds. The third-order valence-corrected chi connectivity index (χ3v) is 4.42. The van der Waals surface area contributed by atoms with Crippen LogP contribution in [0.15, 0.2) is 0 Å². The number of Topliss-reactive ketones (excluding diaryl/α,β-unsaturated/α-hetero) is 1. The van der Waals surface area contributed by atoms with Gasteiger partial charge in [-0.05, 0) is 41.5 Å². The Balaban J connectivity index is 1.82. The Labute approximate surface area is 156 Å². The number of likely N-dealkylation sites (tertiary alicyclic amines) is 2. The summed E-state index contributed by atoms with van der Waals surface area (Å²) in [6, 6.07) is 0.219. The quantitative estimate of drug-likeness (QED) is 0.711. The fourth-order valence-electron chi connectivity index (χ4n) is 3.19. The molecular formula is C19H32N2O5. The molecule has 2 heterocycles. The van der Waals surface area contributed by atoms with Crippen LogP contribution >= 0.6 is 0 Å². The highest BCUT2D eigenvalue weighted by molar-refractivity contribution is 5.86. The molecule has 2 aliphatic rings. The standard InChI is InChI=1S/C19H32N2O5/c1-18(2,3)25-16(23)9-13-10-20(8-7-15(13)22)14-11-21(12-14)17(24)26-19(4,5)6/h13-14H,7-12H2,1-6H3. The number of nitrogens with zero attached hydrogens (tertiary/aromatic N) is 2. The number of amides is 1. The predicted molar refractivity (Wildman–Crippen MR) is 96.7 cm³/mol. The van der Waals surface area contributed by atoms with Crippen molar-refractivity contribution < 1.29 is 23.9 Å². The van der Waals surface area contributed by atoms with Crippen LogP contribution in [0.25, 0.3) is 0 Å². The van der Waals surface area contributed by atoms with Crippen molar-refractivity contribution >= 4 is 17.8 Å². The first-order valence-electron chi connectivity index (χ1n) is 9.30. The molecule has 148 valence electrons. The lowest BCUT2D eigenvalue weighted by Crippen LogP contribution is -2.63. The molecule has 0 radical (unpaired) electrons. The first-order chi connectivity index (χ1) is 11.8. The Morgan fingerprint density at radius 2 is 1.58 bits per heavy atom. The highest BCUT2D eigenvalue weighted by Crippen LogP contribution is 2.25. The van der Waals surface area contributed by atoms with Gasteiger partial charge in [0.05, 0.1) is 6.42 Å². The fraction of sp³-hybridized carbons (Fsp3) is 0.842. The minimum absolute atomic E-state index is 0.120. The lowest BCUT2D eigenvalue weighted by molar-refractivity contribution is -0.158. The molecule has 0 aromatic carbocycles. The number of hydrogen-bond acceptors (Lipinski definition) is 6. The molecule has 0 bridgehead atoms. The molecule has 0 N–H and O–H groups in total. The lowest BCUT2D eigenvalue weighted by atomic mass is 9.91. The van der Waals surface area contributed by atoms with Crippen molar-refractivity contribution in [3.63, 3.8) is 0 Å². The van der Waals surface area contributed by atoms with Crippen molar-refractivity contribution in [2.75, 3.05) is 26.2 Å². The van der Waals surface area contributed by atoms with E-state index < -0.39 is 11.2 Å². The van der Waals surface area contributed by atoms with Gasteiger partial charge in [0.25, 0.3) is 0 Å². The van der Waals surface area contributed by atoms with Crippen molar-refractivity contribution in [2.45, 2.75) is 71.6 Å². The van der Waals surface area contributed by atoms with Gasteiger partial charge in [-0.15, -0.1) is 0 Å². The maximum Gasteiger partial charge on any atom is 0.410 e. The van der Waals surface area contributed by atoms with Crippen LogP contribution in [0.3, 0.4) is 0 Å². The van der Waals surface area contributed by atoms with E-state index in [2.05, 4.69) is 4.90 Å². The Bertz CT molecular complexity index is 555. The second kappa shape index (κ2) is 7.55. The van der Waals surface area contributed by atoms with Gasteiger partial charge < -0.3 is 14.4 Å². The van der Waals surface area contributed by atoms with E-state index in [1.165, 1.54) is 0 Å². The molecule has 2 aliphatic heterocycles. The third-order valence-electron chi connectivity index (χ3n) is 4.42. The number of ketones is 1. The van der Waals surface area contributed by atoms with Gasteiger partial charge in [-0.2, -0.15) is 0 Å². The molecule has 7 nitrogen and oxygen atoms in total. The number of hydrogen-bond donors (Lipinski definition) is 0. The van der Waals surface area contributed by atoms with E-state index in [9.17, 15) is 14.4 Å². The Morgan fingerprint density at radius 3 is 2.12 bits per heavy atom. The SMILES string of the molecule is CC(C)(C)OC(=O)CC1CN(C2CN(C(=O)OC(C)(C)C)C2)CCC1=O. The largest absolute Gasteiger partial charge is 0.460 e. The first kappa shape index (κ1) is 20.7. The van der Waals surface area contributed by atoms with Gasteiger partial charge in [-0.25, -0.2) is 4.79 Å². The summed E-state index contributed by atoms with van der Waals surface area (Å²) in [6.45, 7) is 13.4. The van der Waals surface area contributed by atoms with E-state index in [1.807, 2.05) is 41.5 Å². The van der Waals surface area contributed by atoms with E-state index in [0.717, 1.165) is 0 Å². The number of carbonyl (C=O) groups excluding carboxylic acids is 3. The summed E-state index contributed by atoms with van der Waals surface area (Å²) in [5.74, 6) is -0.536. The summed E-state index contributed by atoms with van der Waals surface area (Å²) in [4.78, 5) is 40.1. The molecule has 0 aliphatic carbocycles. The molecule has 0 saturated carbocycles. The number of carbonyl (C=O) groups is 3. The molecule has 2 fully saturated rings. The molecule has 26 heavy (non-hydrogen) atoms. The molecular weight excluding hydrogens is 336 g/mol. The number of ether oxygens (including phenoxy) is 2. The molecule has 1 atom stereocenters. The van der Waals surface area contributed by atoms with Crippen molar-refractivity contribution in [1.82, 2.24) is 9.80 Å². The lowest BCUT2D eigenvalue weighted by Gasteiger charge is -2.47. The minimum atomic E-state index is -0.545. The topological polar surface area (TPSA) is 76.2 Å². The highest BCUT2D eigenvalue weighted by atomic mass is 16.6. The average molecular weight is 368 g/mol. The molecule has 1 unspecified atom stereocenters. The number of rotatable bonds is 3. The Kier molecular flexibility index (Phi) is 6.00. The summed E-state index contributed by atoms with van der Waals surface area (Å²) in [7, 11) is 0. The van der Waals surface area contributed by atoms with Gasteiger partial charge in [-0.1, -0.05) is 0 Å². The van der Waals surface area contributed by atoms with E-state index in [-0.39, 0.29) is 36.2 Å². The van der Waals surface area contributed by atoms with Crippen LogP contribution in [0.1, 0.15) is 54.4 Å². The van der Waals surface area contributed by atoms with Crippen LogP contribution in [0.4, 0.5) is 4.79 Å². The van der Waals surface area contributed by atoms with Crippen LogP contribution in [-0.2, 0) is 19.1 Å². The van der Waals surface area contributed by atoms with Crippen LogP contribution < -0.4 is 0 Å². The number of esters is 1. The molecule has 7 heteroatoms. The summed E-state index contributed by atoms with van der Waals surface area (Å²) >= 11 is 0. The van der Waals surface area contributed by atoms with E-state index in [4.69, 9.17) is 9.47 Å². The summed E-state index contributed by atoms with van der Waals surface area (Å²) in [5.41, 5.74) is -1.05. The normalized spacial score (nSPS) is 22.8. The van der Waals surface area contributed by atoms with Crippen LogP contribution in [0.2, 0.25) is 0 Å². The Hall–Kier alpha value is -1.63. The zero-order chi connectivity index (χ0) is 19.7. The molecule has 2 rings (SSSR count). The zero-order valence-corrected chi connectivity index (χ0v) is 16.8. The van der Waals surface area contributed by atoms with Gasteiger partial charge in [0.15, 0.2) is 0 Å². The highest BCUT2D eigenvalue weighted by Gasteiger charge is 2.40. The smallest absolute Gasteiger partial charge is 0.410 e. The van der Waals surface area contributed by atoms with Gasteiger partial charge in [0.2, 0.25) is 0 Å². The minimum Gasteiger partial charge on any atom is -0.460 e. The maximum atomic E-state index is 12.2. The fourth-order valence-corrected chi connectivity index (χ4v) is 3.19. The predicted octanol–water partition coefficient (Wildman–Crippen LogP) is 2.23. The summed E-state index contributed by atoms with van der Waals surface area (Å²) in [5, 5.41) is 0. The first-order valence-corrected chi connectivity index (χ1v) is 9.30. The van der Waals surface area contributed by atoms with E-state index in [1.54, 1.807) is 4.90 Å². The second-order valence-electron chi connectivity index (χ2n) is 9.24. The Morgan fingerprint density at radius 1 is 1.00 bits per heavy atom. The van der Waals surface area contributed by atoms with Crippen molar-refractivity contribution in [2.24, 2.45) is 5.92 Å². The van der Waals surface area contributed by atoms with Crippen molar-refractivity contribution in [3.05, 3.63) is 0 Å². The molecule has 0 spiro atoms. The third kappa shape index (κ3) is 5.97. The summed E-state index contributed by atoms with van der Waals surface area (Å²) in [6.07, 6.45) is 0.262. The average Bonchev–Trinajstić information content (AvgIpc) is 2.36. The molecule has 2 saturated heterocycles. The monoisotopic (exact) mass is 368 g/mol. The maximum absolute atomic E-state index is 12.2. The molecule has 0 aromatic rings. The second-order valence-corrected chi connectivity index (χ2v) is 9.24. The van der Waals surface area contributed by atoms with Crippen LogP contribution in [0.5, 0.6) is 0 Å². The van der Waals surface area contributed by atoms with Gasteiger partial charge >= 0.3 is 12.1 Å². The van der Waals surface area contributed by atoms with Gasteiger partial charge in [-0.3, -0.25) is 14.5 Å². The van der Waals surface area contributed by atoms with Gasteiger partial charge in [0.1, 0.15) is 17.0 Å². The van der Waals surface area contributed by atoms with E-state index >= 15 is 0 Å². The van der Waals surface area contributed by atoms with E-state index in [0.29, 0.717) is 32.6 Å². The number of piperidine rings is 1.